The van der Waals surface area contributed by atoms with E-state index in [2.05, 4.69) is 4.99 Å². The predicted molar refractivity (Wildman–Crippen MR) is 78.7 cm³/mol. The average molecular weight is 289 g/mol. The summed E-state index contributed by atoms with van der Waals surface area (Å²) in [7, 11) is 1.57. The summed E-state index contributed by atoms with van der Waals surface area (Å²) in [5.74, 6) is 0.766. The van der Waals surface area contributed by atoms with Gasteiger partial charge >= 0.3 is 0 Å². The van der Waals surface area contributed by atoms with Gasteiger partial charge in [-0.3, -0.25) is 0 Å². The minimum Gasteiger partial charge on any atom is -0.497 e. The third-order valence-corrected chi connectivity index (χ3v) is 3.68. The molecule has 2 aromatic carbocycles. The van der Waals surface area contributed by atoms with Crippen LogP contribution in [0.2, 0.25) is 5.02 Å². The quantitative estimate of drug-likeness (QED) is 0.892. The van der Waals surface area contributed by atoms with Gasteiger partial charge in [-0.25, -0.2) is 4.99 Å². The van der Waals surface area contributed by atoms with Crippen LogP contribution in [0.4, 0.5) is 5.69 Å². The Morgan fingerprint density at radius 3 is 2.80 bits per heavy atom. The third-order valence-electron chi connectivity index (χ3n) is 3.45. The number of aliphatic imine (C=N–C) groups is 1. The lowest BCUT2D eigenvalue weighted by molar-refractivity contribution is 0.158. The van der Waals surface area contributed by atoms with Gasteiger partial charge in [0, 0.05) is 10.6 Å². The van der Waals surface area contributed by atoms with Gasteiger partial charge in [-0.15, -0.1) is 0 Å². The Balaban J connectivity index is 2.22. The molecule has 4 nitrogen and oxygen atoms in total. The van der Waals surface area contributed by atoms with Crippen molar-refractivity contribution in [2.45, 2.75) is 5.60 Å². The van der Waals surface area contributed by atoms with Gasteiger partial charge in [-0.05, 0) is 35.9 Å². The fourth-order valence-electron chi connectivity index (χ4n) is 2.40. The first kappa shape index (κ1) is 13.0. The first-order chi connectivity index (χ1) is 9.55. The van der Waals surface area contributed by atoms with Gasteiger partial charge in [-0.1, -0.05) is 23.7 Å². The van der Waals surface area contributed by atoms with Gasteiger partial charge in [-0.2, -0.15) is 0 Å². The maximum absolute atomic E-state index is 11.1. The highest BCUT2D eigenvalue weighted by Gasteiger charge is 2.42. The van der Waals surface area contributed by atoms with Crippen molar-refractivity contribution in [3.8, 4) is 5.75 Å². The van der Waals surface area contributed by atoms with Gasteiger partial charge in [0.2, 0.25) is 0 Å². The van der Waals surface area contributed by atoms with Crippen LogP contribution in [-0.2, 0) is 5.60 Å². The van der Waals surface area contributed by atoms with E-state index in [9.17, 15) is 5.11 Å². The van der Waals surface area contributed by atoms with Crippen molar-refractivity contribution >= 4 is 23.1 Å². The standard InChI is InChI=1S/C15H13ClN2O2/c1-20-11-4-2-3-9(7-11)15(19)12-8-10(16)5-6-13(12)18-14(15)17/h2-8,19H,1H3,(H2,17,18). The zero-order valence-corrected chi connectivity index (χ0v) is 11.6. The molecule has 0 amide bonds. The Morgan fingerprint density at radius 1 is 1.25 bits per heavy atom. The molecule has 0 radical (unpaired) electrons. The number of benzene rings is 2. The van der Waals surface area contributed by atoms with Gasteiger partial charge in [0.15, 0.2) is 5.60 Å². The molecular formula is C15H13ClN2O2. The first-order valence-corrected chi connectivity index (χ1v) is 6.45. The Bertz CT molecular complexity index is 715. The van der Waals surface area contributed by atoms with E-state index in [4.69, 9.17) is 22.1 Å². The predicted octanol–water partition coefficient (Wildman–Crippen LogP) is 2.59. The molecule has 0 spiro atoms. The van der Waals surface area contributed by atoms with Crippen LogP contribution in [-0.4, -0.2) is 18.1 Å². The first-order valence-electron chi connectivity index (χ1n) is 6.07. The number of aliphatic hydroxyl groups is 1. The number of amidine groups is 1. The van der Waals surface area contributed by atoms with Gasteiger partial charge in [0.05, 0.1) is 12.8 Å². The van der Waals surface area contributed by atoms with Gasteiger partial charge in [0.25, 0.3) is 0 Å². The second kappa shape index (κ2) is 4.51. The lowest BCUT2D eigenvalue weighted by atomic mass is 9.86. The highest BCUT2D eigenvalue weighted by molar-refractivity contribution is 6.30. The molecule has 1 heterocycles. The summed E-state index contributed by atoms with van der Waals surface area (Å²) >= 11 is 6.02. The topological polar surface area (TPSA) is 67.8 Å². The number of halogens is 1. The molecule has 1 unspecified atom stereocenters. The minimum absolute atomic E-state index is 0.128. The van der Waals surface area contributed by atoms with Crippen LogP contribution < -0.4 is 10.5 Å². The van der Waals surface area contributed by atoms with E-state index in [1.54, 1.807) is 49.6 Å². The highest BCUT2D eigenvalue weighted by Crippen LogP contribution is 2.43. The number of hydrogen-bond acceptors (Lipinski definition) is 4. The number of methoxy groups -OCH3 is 1. The summed E-state index contributed by atoms with van der Waals surface area (Å²) in [5, 5.41) is 11.6. The van der Waals surface area contributed by atoms with E-state index < -0.39 is 5.60 Å². The van der Waals surface area contributed by atoms with Crippen LogP contribution in [0.5, 0.6) is 5.75 Å². The van der Waals surface area contributed by atoms with E-state index in [1.807, 2.05) is 0 Å². The third kappa shape index (κ3) is 1.77. The average Bonchev–Trinajstić information content (AvgIpc) is 2.72. The van der Waals surface area contributed by atoms with Crippen LogP contribution in [0.1, 0.15) is 11.1 Å². The number of fused-ring (bicyclic) bond motifs is 1. The number of rotatable bonds is 2. The number of hydrogen-bond donors (Lipinski definition) is 2. The normalized spacial score (nSPS) is 20.4. The SMILES string of the molecule is COc1cccc(C2(O)C(N)=Nc3ccc(Cl)cc32)c1. The van der Waals surface area contributed by atoms with Crippen molar-refractivity contribution < 1.29 is 9.84 Å². The van der Waals surface area contributed by atoms with Crippen molar-refractivity contribution in [2.75, 3.05) is 7.11 Å². The summed E-state index contributed by atoms with van der Waals surface area (Å²) in [6, 6.07) is 12.2. The zero-order valence-electron chi connectivity index (χ0n) is 10.8. The summed E-state index contributed by atoms with van der Waals surface area (Å²) in [6.07, 6.45) is 0. The maximum Gasteiger partial charge on any atom is 0.174 e. The van der Waals surface area contributed by atoms with Crippen molar-refractivity contribution in [1.29, 1.82) is 0 Å². The van der Waals surface area contributed by atoms with Gasteiger partial charge in [0.1, 0.15) is 11.6 Å². The van der Waals surface area contributed by atoms with Crippen molar-refractivity contribution in [1.82, 2.24) is 0 Å². The molecule has 2 aromatic rings. The molecule has 0 bridgehead atoms. The van der Waals surface area contributed by atoms with E-state index >= 15 is 0 Å². The van der Waals surface area contributed by atoms with E-state index in [1.165, 1.54) is 0 Å². The molecule has 3 rings (SSSR count). The molecule has 1 atom stereocenters. The second-order valence-electron chi connectivity index (χ2n) is 4.60. The molecule has 20 heavy (non-hydrogen) atoms. The molecular weight excluding hydrogens is 276 g/mol. The fourth-order valence-corrected chi connectivity index (χ4v) is 2.57. The lowest BCUT2D eigenvalue weighted by Crippen LogP contribution is -2.39. The molecule has 3 N–H and O–H groups in total. The van der Waals surface area contributed by atoms with Crippen molar-refractivity contribution in [2.24, 2.45) is 10.7 Å². The summed E-state index contributed by atoms with van der Waals surface area (Å²) in [6.45, 7) is 0. The molecule has 0 saturated heterocycles. The van der Waals surface area contributed by atoms with Gasteiger partial charge < -0.3 is 15.6 Å². The van der Waals surface area contributed by atoms with Crippen molar-refractivity contribution in [3.05, 3.63) is 58.6 Å². The Morgan fingerprint density at radius 2 is 2.05 bits per heavy atom. The zero-order chi connectivity index (χ0) is 14.3. The Labute approximate surface area is 121 Å². The lowest BCUT2D eigenvalue weighted by Gasteiger charge is -2.25. The van der Waals surface area contributed by atoms with Crippen LogP contribution >= 0.6 is 11.6 Å². The minimum atomic E-state index is -1.48. The van der Waals surface area contributed by atoms with Crippen molar-refractivity contribution in [3.63, 3.8) is 0 Å². The summed E-state index contributed by atoms with van der Waals surface area (Å²) in [5.41, 5.74) is 6.27. The molecule has 0 saturated carbocycles. The fraction of sp³-hybridized carbons (Fsp3) is 0.133. The van der Waals surface area contributed by atoms with Crippen LogP contribution in [0, 0.1) is 0 Å². The van der Waals surface area contributed by atoms with Crippen LogP contribution in [0.15, 0.2) is 47.5 Å². The highest BCUT2D eigenvalue weighted by atomic mass is 35.5. The Hall–Kier alpha value is -2.04. The maximum atomic E-state index is 11.1. The monoisotopic (exact) mass is 288 g/mol. The molecule has 0 aliphatic carbocycles. The van der Waals surface area contributed by atoms with Crippen LogP contribution in [0.3, 0.4) is 0 Å². The smallest absolute Gasteiger partial charge is 0.174 e. The molecule has 0 aromatic heterocycles. The summed E-state index contributed by atoms with van der Waals surface area (Å²) < 4.78 is 5.19. The number of ether oxygens (including phenoxy) is 1. The van der Waals surface area contributed by atoms with E-state index in [0.29, 0.717) is 27.6 Å². The van der Waals surface area contributed by atoms with E-state index in [-0.39, 0.29) is 5.84 Å². The Kier molecular flexibility index (Phi) is 2.92. The summed E-state index contributed by atoms with van der Waals surface area (Å²) in [4.78, 5) is 4.22. The molecule has 5 heteroatoms. The number of nitrogens with two attached hydrogens (primary N) is 1. The van der Waals surface area contributed by atoms with E-state index in [0.717, 1.165) is 0 Å². The largest absolute Gasteiger partial charge is 0.497 e. The molecule has 102 valence electrons. The molecule has 1 aliphatic heterocycles. The number of nitrogens with zero attached hydrogens (tertiary/aromatic N) is 1. The molecule has 1 aliphatic rings. The molecule has 0 fully saturated rings. The second-order valence-corrected chi connectivity index (χ2v) is 5.04. The van der Waals surface area contributed by atoms with Crippen LogP contribution in [0.25, 0.3) is 0 Å².